The minimum atomic E-state index is -0.104. The first-order valence-corrected chi connectivity index (χ1v) is 6.70. The van der Waals surface area contributed by atoms with E-state index >= 15 is 0 Å². The molecule has 0 aliphatic rings. The molecule has 0 spiro atoms. The van der Waals surface area contributed by atoms with E-state index < -0.39 is 0 Å². The van der Waals surface area contributed by atoms with Crippen molar-refractivity contribution >= 4 is 46.0 Å². The lowest BCUT2D eigenvalue weighted by Crippen LogP contribution is -2.34. The quantitative estimate of drug-likeness (QED) is 0.810. The standard InChI is InChI=1S/C11H15BrN2OS.ClH/c1-8(11(15)14-7-6-13)16-10-4-2-9(12)3-5-10;/h2-5,8H,6-7,13H2,1H3,(H,14,15);1H. The fourth-order valence-corrected chi connectivity index (χ4v) is 2.27. The molecule has 1 aromatic rings. The zero-order valence-electron chi connectivity index (χ0n) is 9.48. The molecule has 1 amide bonds. The molecule has 96 valence electrons. The summed E-state index contributed by atoms with van der Waals surface area (Å²) in [5, 5.41) is 2.67. The van der Waals surface area contributed by atoms with Crippen LogP contribution in [0, 0.1) is 0 Å². The van der Waals surface area contributed by atoms with Crippen LogP contribution in [0.25, 0.3) is 0 Å². The zero-order chi connectivity index (χ0) is 12.0. The molecule has 0 saturated carbocycles. The Morgan fingerprint density at radius 2 is 2.06 bits per heavy atom. The van der Waals surface area contributed by atoms with Crippen LogP contribution in [0.5, 0.6) is 0 Å². The van der Waals surface area contributed by atoms with Crippen LogP contribution in [-0.2, 0) is 4.79 Å². The Bertz CT molecular complexity index is 348. The van der Waals surface area contributed by atoms with Crippen molar-refractivity contribution in [3.63, 3.8) is 0 Å². The van der Waals surface area contributed by atoms with Crippen LogP contribution in [0.2, 0.25) is 0 Å². The van der Waals surface area contributed by atoms with Gasteiger partial charge in [0.15, 0.2) is 0 Å². The second kappa shape index (κ2) is 8.80. The summed E-state index contributed by atoms with van der Waals surface area (Å²) >= 11 is 4.91. The van der Waals surface area contributed by atoms with Gasteiger partial charge in [-0.15, -0.1) is 24.2 Å². The summed E-state index contributed by atoms with van der Waals surface area (Å²) in [6.07, 6.45) is 0. The van der Waals surface area contributed by atoms with E-state index in [1.165, 1.54) is 11.8 Å². The number of amides is 1. The van der Waals surface area contributed by atoms with E-state index in [0.717, 1.165) is 9.37 Å². The molecule has 1 rings (SSSR count). The molecule has 3 N–H and O–H groups in total. The topological polar surface area (TPSA) is 55.1 Å². The van der Waals surface area contributed by atoms with Gasteiger partial charge in [0.25, 0.3) is 0 Å². The van der Waals surface area contributed by atoms with Gasteiger partial charge in [-0.25, -0.2) is 0 Å². The highest BCUT2D eigenvalue weighted by Gasteiger charge is 2.13. The number of halogens is 2. The van der Waals surface area contributed by atoms with Gasteiger partial charge in [0.05, 0.1) is 5.25 Å². The fourth-order valence-electron chi connectivity index (χ4n) is 1.11. The molecule has 6 heteroatoms. The monoisotopic (exact) mass is 338 g/mol. The third-order valence-corrected chi connectivity index (χ3v) is 3.58. The molecule has 0 heterocycles. The lowest BCUT2D eigenvalue weighted by Gasteiger charge is -2.11. The van der Waals surface area contributed by atoms with E-state index in [9.17, 15) is 4.79 Å². The number of rotatable bonds is 5. The Kier molecular flexibility index (Phi) is 8.68. The largest absolute Gasteiger partial charge is 0.354 e. The third kappa shape index (κ3) is 6.31. The van der Waals surface area contributed by atoms with Gasteiger partial charge in [0.1, 0.15) is 0 Å². The normalized spacial score (nSPS) is 11.5. The Hall–Kier alpha value is -0.230. The Morgan fingerprint density at radius 3 is 2.59 bits per heavy atom. The van der Waals surface area contributed by atoms with Gasteiger partial charge in [-0.3, -0.25) is 4.79 Å². The summed E-state index contributed by atoms with van der Waals surface area (Å²) in [6, 6.07) is 7.91. The first-order chi connectivity index (χ1) is 7.63. The second-order valence-corrected chi connectivity index (χ2v) is 5.62. The van der Waals surface area contributed by atoms with Gasteiger partial charge in [-0.1, -0.05) is 15.9 Å². The lowest BCUT2D eigenvalue weighted by molar-refractivity contribution is -0.120. The molecule has 3 nitrogen and oxygen atoms in total. The maximum atomic E-state index is 11.6. The summed E-state index contributed by atoms with van der Waals surface area (Å²) in [6.45, 7) is 2.89. The van der Waals surface area contributed by atoms with Crippen LogP contribution >= 0.6 is 40.1 Å². The van der Waals surface area contributed by atoms with Crippen LogP contribution in [0.3, 0.4) is 0 Å². The van der Waals surface area contributed by atoms with Crippen LogP contribution < -0.4 is 11.1 Å². The van der Waals surface area contributed by atoms with Gasteiger partial charge in [0.2, 0.25) is 5.91 Å². The average Bonchev–Trinajstić information content (AvgIpc) is 2.29. The molecule has 0 saturated heterocycles. The number of hydrogen-bond donors (Lipinski definition) is 2. The lowest BCUT2D eigenvalue weighted by atomic mass is 10.4. The van der Waals surface area contributed by atoms with Crippen molar-refractivity contribution in [1.82, 2.24) is 5.32 Å². The van der Waals surface area contributed by atoms with E-state index in [4.69, 9.17) is 5.73 Å². The highest BCUT2D eigenvalue weighted by atomic mass is 79.9. The summed E-state index contributed by atoms with van der Waals surface area (Å²) in [5.41, 5.74) is 5.32. The van der Waals surface area contributed by atoms with Crippen molar-refractivity contribution in [3.8, 4) is 0 Å². The minimum Gasteiger partial charge on any atom is -0.354 e. The SMILES string of the molecule is CC(Sc1ccc(Br)cc1)C(=O)NCCN.Cl. The summed E-state index contributed by atoms with van der Waals surface area (Å²) < 4.78 is 1.04. The maximum Gasteiger partial charge on any atom is 0.233 e. The van der Waals surface area contributed by atoms with E-state index in [0.29, 0.717) is 13.1 Å². The summed E-state index contributed by atoms with van der Waals surface area (Å²) in [4.78, 5) is 12.7. The maximum absolute atomic E-state index is 11.6. The van der Waals surface area contributed by atoms with E-state index in [1.807, 2.05) is 31.2 Å². The number of hydrogen-bond acceptors (Lipinski definition) is 3. The van der Waals surface area contributed by atoms with Crippen LogP contribution in [0.4, 0.5) is 0 Å². The first-order valence-electron chi connectivity index (χ1n) is 5.03. The smallest absolute Gasteiger partial charge is 0.233 e. The molecular weight excluding hydrogens is 324 g/mol. The number of carbonyl (C=O) groups is 1. The van der Waals surface area contributed by atoms with Crippen LogP contribution in [0.1, 0.15) is 6.92 Å². The zero-order valence-corrected chi connectivity index (χ0v) is 12.7. The minimum absolute atomic E-state index is 0. The van der Waals surface area contributed by atoms with Crippen LogP contribution in [-0.4, -0.2) is 24.2 Å². The molecule has 1 unspecified atom stereocenters. The van der Waals surface area contributed by atoms with Gasteiger partial charge in [-0.2, -0.15) is 0 Å². The first kappa shape index (κ1) is 16.8. The Balaban J connectivity index is 0.00000256. The van der Waals surface area contributed by atoms with Gasteiger partial charge >= 0.3 is 0 Å². The molecule has 0 aliphatic carbocycles. The molecule has 1 atom stereocenters. The van der Waals surface area contributed by atoms with Crippen molar-refractivity contribution in [2.75, 3.05) is 13.1 Å². The van der Waals surface area contributed by atoms with Crippen LogP contribution in [0.15, 0.2) is 33.6 Å². The second-order valence-electron chi connectivity index (χ2n) is 3.29. The highest BCUT2D eigenvalue weighted by molar-refractivity contribution is 9.10. The van der Waals surface area contributed by atoms with Gasteiger partial charge in [-0.05, 0) is 31.2 Å². The highest BCUT2D eigenvalue weighted by Crippen LogP contribution is 2.24. The Morgan fingerprint density at radius 1 is 1.47 bits per heavy atom. The van der Waals surface area contributed by atoms with Gasteiger partial charge in [0, 0.05) is 22.5 Å². The Labute approximate surface area is 120 Å². The van der Waals surface area contributed by atoms with Crippen molar-refractivity contribution in [2.45, 2.75) is 17.1 Å². The summed E-state index contributed by atoms with van der Waals surface area (Å²) in [7, 11) is 0. The average molecular weight is 340 g/mol. The fraction of sp³-hybridized carbons (Fsp3) is 0.364. The molecule has 17 heavy (non-hydrogen) atoms. The van der Waals surface area contributed by atoms with E-state index in [-0.39, 0.29) is 23.6 Å². The van der Waals surface area contributed by atoms with Crippen molar-refractivity contribution < 1.29 is 4.79 Å². The number of nitrogens with two attached hydrogens (primary N) is 1. The summed E-state index contributed by atoms with van der Waals surface area (Å²) in [5.74, 6) is 0.0263. The predicted molar refractivity (Wildman–Crippen MR) is 78.8 cm³/mol. The molecule has 1 aromatic carbocycles. The number of nitrogens with one attached hydrogen (secondary N) is 1. The number of thioether (sulfide) groups is 1. The molecule has 0 radical (unpaired) electrons. The molecular formula is C11H16BrClN2OS. The predicted octanol–water partition coefficient (Wildman–Crippen LogP) is 2.43. The number of carbonyl (C=O) groups excluding carboxylic acids is 1. The van der Waals surface area contributed by atoms with Crippen molar-refractivity contribution in [1.29, 1.82) is 0 Å². The number of benzene rings is 1. The molecule has 0 aliphatic heterocycles. The molecule has 0 fully saturated rings. The molecule has 0 aromatic heterocycles. The van der Waals surface area contributed by atoms with Crippen molar-refractivity contribution in [2.24, 2.45) is 5.73 Å². The van der Waals surface area contributed by atoms with E-state index in [2.05, 4.69) is 21.2 Å². The van der Waals surface area contributed by atoms with Crippen molar-refractivity contribution in [3.05, 3.63) is 28.7 Å². The molecule has 0 bridgehead atoms. The third-order valence-electron chi connectivity index (χ3n) is 1.94. The van der Waals surface area contributed by atoms with Gasteiger partial charge < -0.3 is 11.1 Å². The van der Waals surface area contributed by atoms with E-state index in [1.54, 1.807) is 0 Å².